The summed E-state index contributed by atoms with van der Waals surface area (Å²) in [5.41, 5.74) is 0.498. The second-order valence-corrected chi connectivity index (χ2v) is 3.32. The van der Waals surface area contributed by atoms with E-state index in [0.717, 1.165) is 13.2 Å². The number of ether oxygens (including phenoxy) is 1. The highest BCUT2D eigenvalue weighted by molar-refractivity contribution is 4.74. The third kappa shape index (κ3) is 2.30. The lowest BCUT2D eigenvalue weighted by atomic mass is 9.82. The zero-order chi connectivity index (χ0) is 6.74. The second kappa shape index (κ2) is 3.97. The van der Waals surface area contributed by atoms with Gasteiger partial charge in [-0.3, -0.25) is 0 Å². The van der Waals surface area contributed by atoms with Gasteiger partial charge in [0.25, 0.3) is 0 Å². The minimum atomic E-state index is 0. The Balaban J connectivity index is 0.000000810. The molecule has 1 atom stereocenters. The van der Waals surface area contributed by atoms with Gasteiger partial charge in [0.05, 0.1) is 6.61 Å². The first-order valence-electron chi connectivity index (χ1n) is 3.85. The molecule has 1 heterocycles. The molecule has 1 aliphatic heterocycles. The Morgan fingerprint density at radius 1 is 1.50 bits per heavy atom. The Bertz CT molecular complexity index is 82.7. The average Bonchev–Trinajstić information content (AvgIpc) is 1.90. The molecule has 1 aliphatic rings. The van der Waals surface area contributed by atoms with Gasteiger partial charge in [0.1, 0.15) is 0 Å². The minimum absolute atomic E-state index is 0. The molecule has 0 bridgehead atoms. The van der Waals surface area contributed by atoms with Gasteiger partial charge in [-0.1, -0.05) is 21.3 Å². The first kappa shape index (κ1) is 9.96. The maximum absolute atomic E-state index is 5.38. The number of hydrogen-bond acceptors (Lipinski definition) is 1. The average molecular weight is 144 g/mol. The maximum Gasteiger partial charge on any atom is 0.0519 e. The Hall–Kier alpha value is -0.0400. The van der Waals surface area contributed by atoms with E-state index in [1.807, 2.05) is 0 Å². The molecule has 0 amide bonds. The molecule has 0 aromatic heterocycles. The van der Waals surface area contributed by atoms with E-state index in [1.165, 1.54) is 19.3 Å². The van der Waals surface area contributed by atoms with Crippen LogP contribution in [-0.2, 0) is 4.74 Å². The first-order chi connectivity index (χ1) is 4.27. The molecule has 0 N–H and O–H groups in total. The van der Waals surface area contributed by atoms with Crippen molar-refractivity contribution in [1.82, 2.24) is 0 Å². The zero-order valence-corrected chi connectivity index (χ0v) is 6.44. The van der Waals surface area contributed by atoms with Crippen LogP contribution >= 0.6 is 0 Å². The quantitative estimate of drug-likeness (QED) is 0.550. The minimum Gasteiger partial charge on any atom is -0.381 e. The molecule has 0 spiro atoms. The van der Waals surface area contributed by atoms with Crippen LogP contribution in [-0.4, -0.2) is 13.2 Å². The van der Waals surface area contributed by atoms with E-state index < -0.39 is 0 Å². The van der Waals surface area contributed by atoms with Crippen molar-refractivity contribution >= 4 is 0 Å². The van der Waals surface area contributed by atoms with Crippen molar-refractivity contribution < 1.29 is 4.74 Å². The number of hydrogen-bond donors (Lipinski definition) is 0. The van der Waals surface area contributed by atoms with E-state index >= 15 is 0 Å². The molecule has 1 rings (SSSR count). The number of rotatable bonds is 1. The van der Waals surface area contributed by atoms with Crippen molar-refractivity contribution in [3.63, 3.8) is 0 Å². The van der Waals surface area contributed by atoms with E-state index in [9.17, 15) is 0 Å². The molecule has 10 heavy (non-hydrogen) atoms. The summed E-state index contributed by atoms with van der Waals surface area (Å²) in [5.74, 6) is 0. The van der Waals surface area contributed by atoms with Crippen molar-refractivity contribution in [1.29, 1.82) is 0 Å². The highest BCUT2D eigenvalue weighted by Gasteiger charge is 2.24. The summed E-state index contributed by atoms with van der Waals surface area (Å²) in [6, 6.07) is 0. The smallest absolute Gasteiger partial charge is 0.0519 e. The fourth-order valence-electron chi connectivity index (χ4n) is 1.27. The summed E-state index contributed by atoms with van der Waals surface area (Å²) < 4.78 is 5.38. The topological polar surface area (TPSA) is 9.23 Å². The first-order valence-corrected chi connectivity index (χ1v) is 3.85. The van der Waals surface area contributed by atoms with Crippen molar-refractivity contribution in [2.75, 3.05) is 13.2 Å². The summed E-state index contributed by atoms with van der Waals surface area (Å²) >= 11 is 0. The Kier molecular flexibility index (Phi) is 3.95. The van der Waals surface area contributed by atoms with Gasteiger partial charge >= 0.3 is 0 Å². The normalized spacial score (nSPS) is 33.0. The molecule has 0 radical (unpaired) electrons. The van der Waals surface area contributed by atoms with Gasteiger partial charge in [0.2, 0.25) is 0 Å². The van der Waals surface area contributed by atoms with Gasteiger partial charge in [-0.15, -0.1) is 0 Å². The van der Waals surface area contributed by atoms with Gasteiger partial charge in [0, 0.05) is 6.61 Å². The second-order valence-electron chi connectivity index (χ2n) is 3.32. The summed E-state index contributed by atoms with van der Waals surface area (Å²) in [6.45, 7) is 6.51. The molecular formula is C9H20O. The summed E-state index contributed by atoms with van der Waals surface area (Å²) in [6.07, 6.45) is 3.86. The fraction of sp³-hybridized carbons (Fsp3) is 1.00. The van der Waals surface area contributed by atoms with E-state index in [1.54, 1.807) is 0 Å². The molecule has 0 aliphatic carbocycles. The van der Waals surface area contributed by atoms with Crippen LogP contribution in [0.4, 0.5) is 0 Å². The molecular weight excluding hydrogens is 124 g/mol. The molecule has 0 aromatic carbocycles. The fourth-order valence-corrected chi connectivity index (χ4v) is 1.27. The highest BCUT2D eigenvalue weighted by atomic mass is 16.5. The van der Waals surface area contributed by atoms with Crippen molar-refractivity contribution in [2.24, 2.45) is 5.41 Å². The molecule has 1 heteroatoms. The summed E-state index contributed by atoms with van der Waals surface area (Å²) in [5, 5.41) is 0. The third-order valence-corrected chi connectivity index (χ3v) is 2.37. The van der Waals surface area contributed by atoms with Gasteiger partial charge < -0.3 is 4.74 Å². The zero-order valence-electron chi connectivity index (χ0n) is 6.44. The lowest BCUT2D eigenvalue weighted by Crippen LogP contribution is -2.27. The Labute approximate surface area is 64.8 Å². The van der Waals surface area contributed by atoms with Crippen LogP contribution < -0.4 is 0 Å². The van der Waals surface area contributed by atoms with Crippen molar-refractivity contribution in [3.8, 4) is 0 Å². The van der Waals surface area contributed by atoms with E-state index in [0.29, 0.717) is 5.41 Å². The molecule has 1 unspecified atom stereocenters. The van der Waals surface area contributed by atoms with Crippen molar-refractivity contribution in [3.05, 3.63) is 0 Å². The Morgan fingerprint density at radius 3 is 2.50 bits per heavy atom. The molecule has 1 fully saturated rings. The van der Waals surface area contributed by atoms with Crippen LogP contribution in [0.2, 0.25) is 0 Å². The molecule has 1 nitrogen and oxygen atoms in total. The molecule has 0 saturated carbocycles. The molecule has 1 saturated heterocycles. The Morgan fingerprint density at radius 2 is 2.20 bits per heavy atom. The van der Waals surface area contributed by atoms with Crippen LogP contribution in [0.25, 0.3) is 0 Å². The van der Waals surface area contributed by atoms with Crippen LogP contribution in [0.3, 0.4) is 0 Å². The van der Waals surface area contributed by atoms with Gasteiger partial charge in [-0.2, -0.15) is 0 Å². The summed E-state index contributed by atoms with van der Waals surface area (Å²) in [4.78, 5) is 0. The molecule has 0 aromatic rings. The highest BCUT2D eigenvalue weighted by Crippen LogP contribution is 2.30. The lowest BCUT2D eigenvalue weighted by molar-refractivity contribution is 0.000642. The van der Waals surface area contributed by atoms with E-state index in [-0.39, 0.29) is 7.43 Å². The van der Waals surface area contributed by atoms with Gasteiger partial charge in [-0.05, 0) is 24.7 Å². The predicted molar refractivity (Wildman–Crippen MR) is 45.2 cm³/mol. The summed E-state index contributed by atoms with van der Waals surface area (Å²) in [7, 11) is 0. The predicted octanol–water partition coefficient (Wildman–Crippen LogP) is 2.85. The van der Waals surface area contributed by atoms with E-state index in [2.05, 4.69) is 13.8 Å². The monoisotopic (exact) mass is 144 g/mol. The van der Waals surface area contributed by atoms with Crippen LogP contribution in [0.1, 0.15) is 40.5 Å². The standard InChI is InChI=1S/C8H16O.CH4/c1-3-8(2)5-4-6-9-7-8;/h3-7H2,1-2H3;1H4. The largest absolute Gasteiger partial charge is 0.381 e. The van der Waals surface area contributed by atoms with Crippen molar-refractivity contribution in [2.45, 2.75) is 40.5 Å². The molecule has 62 valence electrons. The SMILES string of the molecule is C.CCC1(C)CCCOC1. The van der Waals surface area contributed by atoms with Gasteiger partial charge in [0.15, 0.2) is 0 Å². The van der Waals surface area contributed by atoms with Gasteiger partial charge in [-0.25, -0.2) is 0 Å². The van der Waals surface area contributed by atoms with Crippen LogP contribution in [0.15, 0.2) is 0 Å². The van der Waals surface area contributed by atoms with Crippen LogP contribution in [0.5, 0.6) is 0 Å². The van der Waals surface area contributed by atoms with E-state index in [4.69, 9.17) is 4.74 Å². The van der Waals surface area contributed by atoms with Crippen LogP contribution in [0, 0.1) is 5.41 Å². The maximum atomic E-state index is 5.38. The lowest BCUT2D eigenvalue weighted by Gasteiger charge is -2.31. The third-order valence-electron chi connectivity index (χ3n) is 2.37.